The Morgan fingerprint density at radius 3 is 2.68 bits per heavy atom. The van der Waals surface area contributed by atoms with Crippen LogP contribution in [0.2, 0.25) is 5.02 Å². The number of carbonyl (C=O) groups is 3. The van der Waals surface area contributed by atoms with E-state index in [-0.39, 0.29) is 44.9 Å². The van der Waals surface area contributed by atoms with E-state index in [0.29, 0.717) is 47.1 Å². The molecule has 3 aliphatic heterocycles. The van der Waals surface area contributed by atoms with E-state index in [1.807, 2.05) is 20.8 Å². The number of rotatable bonds is 12. The fourth-order valence-electron chi connectivity index (χ4n) is 6.43. The topological polar surface area (TPSA) is 222 Å². The molecule has 0 radical (unpaired) electrons. The maximum atomic E-state index is 13.9. The van der Waals surface area contributed by atoms with Gasteiger partial charge >= 0.3 is 0 Å². The Bertz CT molecular complexity index is 1850. The maximum absolute atomic E-state index is 13.9. The Hall–Kier alpha value is -4.26. The molecule has 6 rings (SSSR count). The van der Waals surface area contributed by atoms with Crippen LogP contribution in [-0.4, -0.2) is 118 Å². The molecular weight excluding hydrogens is 708 g/mol. The van der Waals surface area contributed by atoms with Crippen molar-refractivity contribution in [1.29, 1.82) is 0 Å². The molecule has 2 amide bonds. The van der Waals surface area contributed by atoms with Crippen LogP contribution < -0.4 is 11.1 Å². The number of hydrogen-bond acceptors (Lipinski definition) is 14. The maximum Gasteiger partial charge on any atom is 0.253 e. The molecule has 266 valence electrons. The number of amides is 2. The lowest BCUT2D eigenvalue weighted by molar-refractivity contribution is -0.911. The van der Waals surface area contributed by atoms with Gasteiger partial charge in [-0.1, -0.05) is 16.8 Å². The molecule has 2 aromatic heterocycles. The van der Waals surface area contributed by atoms with Crippen LogP contribution in [0, 0.1) is 5.92 Å². The lowest BCUT2D eigenvalue weighted by Crippen LogP contribution is -2.61. The molecule has 0 bridgehead atoms. The number of Topliss-reactive ketones (excluding diaryl/α,β-unsaturated/α-hetero) is 1. The number of nitrogen functional groups attached to an aromatic ring is 1. The zero-order chi connectivity index (χ0) is 35.8. The summed E-state index contributed by atoms with van der Waals surface area (Å²) in [6.45, 7) is 8.72. The molecule has 0 saturated carbocycles. The minimum absolute atomic E-state index is 0.0200. The van der Waals surface area contributed by atoms with Crippen molar-refractivity contribution in [3.05, 3.63) is 45.2 Å². The van der Waals surface area contributed by atoms with Crippen molar-refractivity contribution >= 4 is 68.8 Å². The number of nitrogens with zero attached hydrogens (tertiary/aromatic N) is 7. The molecule has 1 aromatic carbocycles. The monoisotopic (exact) mass is 745 g/mol. The number of tetrazole rings is 1. The number of fused-ring (bicyclic) bond motifs is 1. The molecule has 0 unspecified atom stereocenters. The van der Waals surface area contributed by atoms with Crippen molar-refractivity contribution in [3.63, 3.8) is 0 Å². The first kappa shape index (κ1) is 35.6. The van der Waals surface area contributed by atoms with E-state index in [4.69, 9.17) is 22.2 Å². The van der Waals surface area contributed by atoms with Gasteiger partial charge in [0, 0.05) is 36.0 Å². The van der Waals surface area contributed by atoms with Gasteiger partial charge in [0.25, 0.3) is 5.91 Å². The molecule has 0 aliphatic carbocycles. The van der Waals surface area contributed by atoms with E-state index in [1.54, 1.807) is 22.0 Å². The molecule has 3 aliphatic rings. The predicted molar refractivity (Wildman–Crippen MR) is 187 cm³/mol. The number of phenolic OH excluding ortho intramolecular Hbond substituents is 2. The number of quaternary nitrogens is 1. The third-order valence-electron chi connectivity index (χ3n) is 8.81. The second-order valence-electron chi connectivity index (χ2n) is 13.5. The number of aromatic hydroxyl groups is 2. The SMILES string of the molecule is CC(C)(C)O/N=C(\C(=O)C[C@@H]1C(=O)N2C(c3nn[nH]n3)=C(C[N+]3(CCNC(=O)c4ccc(O)c(O)c4Cl)CCCC3)CS[C@H]12)c1csc(N)n1. The van der Waals surface area contributed by atoms with Crippen molar-refractivity contribution < 1.29 is 33.9 Å². The van der Waals surface area contributed by atoms with Gasteiger partial charge in [-0.3, -0.25) is 19.3 Å². The van der Waals surface area contributed by atoms with Crippen molar-refractivity contribution in [1.82, 2.24) is 35.8 Å². The van der Waals surface area contributed by atoms with Gasteiger partial charge in [-0.2, -0.15) is 5.21 Å². The van der Waals surface area contributed by atoms with Gasteiger partial charge in [0.1, 0.15) is 17.8 Å². The summed E-state index contributed by atoms with van der Waals surface area (Å²) in [5.74, 6) is -1.75. The van der Waals surface area contributed by atoms with Gasteiger partial charge in [0.05, 0.1) is 53.8 Å². The number of hydrogen-bond donors (Lipinski definition) is 5. The summed E-state index contributed by atoms with van der Waals surface area (Å²) in [6, 6.07) is 2.57. The average Bonchev–Trinajstić information content (AvgIpc) is 3.86. The van der Waals surface area contributed by atoms with E-state index in [2.05, 4.69) is 36.1 Å². The summed E-state index contributed by atoms with van der Waals surface area (Å²) in [5.41, 5.74) is 7.14. The molecule has 50 heavy (non-hydrogen) atoms. The lowest BCUT2D eigenvalue weighted by atomic mass is 9.89. The average molecular weight is 746 g/mol. The van der Waals surface area contributed by atoms with E-state index >= 15 is 0 Å². The Labute approximate surface area is 300 Å². The summed E-state index contributed by atoms with van der Waals surface area (Å²) >= 11 is 8.87. The standard InChI is InChI=1S/C31H37ClN10O6S2/c1-31(2,3)48-38-23(19-15-50-30(33)35-19)21(44)12-18-28(47)41-24(26-36-39-40-37-26)16(14-49-29(18)41)13-42(9-4-5-10-42)11-8-34-27(46)17-6-7-20(43)25(45)22(17)32/h6-7,15,18,29H,4-5,8-14H2,1-3H3,(H5-,33,34,35,36,37,38,39,40,43,44,45,46)/p+1/t18-,29-/m1/s1. The third kappa shape index (κ3) is 7.28. The van der Waals surface area contributed by atoms with Crippen LogP contribution in [-0.2, 0) is 14.4 Å². The van der Waals surface area contributed by atoms with Crippen LogP contribution in [0.4, 0.5) is 5.13 Å². The first-order chi connectivity index (χ1) is 23.8. The second kappa shape index (κ2) is 14.2. The molecule has 3 aromatic rings. The van der Waals surface area contributed by atoms with Gasteiger partial charge < -0.3 is 30.6 Å². The van der Waals surface area contributed by atoms with Crippen LogP contribution in [0.5, 0.6) is 11.5 Å². The number of phenols is 2. The van der Waals surface area contributed by atoms with E-state index in [0.717, 1.165) is 31.5 Å². The number of anilines is 1. The molecule has 0 spiro atoms. The molecular formula is C31H38ClN10O6S2+. The van der Waals surface area contributed by atoms with Crippen LogP contribution in [0.15, 0.2) is 28.2 Å². The number of ketones is 1. The highest BCUT2D eigenvalue weighted by Crippen LogP contribution is 2.48. The lowest BCUT2D eigenvalue weighted by Gasteiger charge is -2.50. The summed E-state index contributed by atoms with van der Waals surface area (Å²) < 4.78 is 0.672. The van der Waals surface area contributed by atoms with Crippen molar-refractivity contribution in [2.75, 3.05) is 44.2 Å². The highest BCUT2D eigenvalue weighted by atomic mass is 35.5. The highest BCUT2D eigenvalue weighted by molar-refractivity contribution is 8.00. The van der Waals surface area contributed by atoms with Gasteiger partial charge in [-0.25, -0.2) is 4.98 Å². The fraction of sp³-hybridized carbons (Fsp3) is 0.484. The summed E-state index contributed by atoms with van der Waals surface area (Å²) in [4.78, 5) is 51.9. The number of β-lactam (4-membered cyclic amide) rings is 1. The Kier molecular flexibility index (Phi) is 10.1. The van der Waals surface area contributed by atoms with Crippen LogP contribution in [0.3, 0.4) is 0 Å². The minimum atomic E-state index is -0.651. The number of nitrogens with two attached hydrogens (primary N) is 1. The van der Waals surface area contributed by atoms with Crippen molar-refractivity contribution in [2.45, 2.75) is 51.0 Å². The van der Waals surface area contributed by atoms with Crippen LogP contribution in [0.1, 0.15) is 61.9 Å². The Balaban J connectivity index is 1.19. The molecule has 19 heteroatoms. The minimum Gasteiger partial charge on any atom is -0.504 e. The highest BCUT2D eigenvalue weighted by Gasteiger charge is 2.54. The van der Waals surface area contributed by atoms with Crippen molar-refractivity contribution in [2.24, 2.45) is 11.1 Å². The second-order valence-corrected chi connectivity index (χ2v) is 15.8. The smallest absolute Gasteiger partial charge is 0.253 e. The number of aromatic nitrogens is 5. The number of aromatic amines is 1. The van der Waals surface area contributed by atoms with Gasteiger partial charge in [-0.15, -0.1) is 33.3 Å². The number of benzene rings is 1. The zero-order valence-electron chi connectivity index (χ0n) is 27.7. The van der Waals surface area contributed by atoms with E-state index in [9.17, 15) is 24.6 Å². The number of thiazole rings is 1. The molecule has 2 atom stereocenters. The quantitative estimate of drug-likeness (QED) is 0.0594. The molecule has 6 N–H and O–H groups in total. The number of H-pyrrole nitrogens is 1. The molecule has 2 fully saturated rings. The largest absolute Gasteiger partial charge is 0.504 e. The normalized spacial score (nSPS) is 20.4. The number of nitrogens with one attached hydrogen (secondary N) is 2. The number of halogens is 1. The zero-order valence-corrected chi connectivity index (χ0v) is 30.1. The van der Waals surface area contributed by atoms with Gasteiger partial charge in [-0.05, 0) is 38.1 Å². The third-order valence-corrected chi connectivity index (χ3v) is 11.3. The Morgan fingerprint density at radius 1 is 1.26 bits per heavy atom. The van der Waals surface area contributed by atoms with Crippen LogP contribution in [0.25, 0.3) is 5.70 Å². The van der Waals surface area contributed by atoms with Crippen LogP contribution >= 0.6 is 34.7 Å². The number of thioether (sulfide) groups is 1. The Morgan fingerprint density at radius 2 is 2.02 bits per heavy atom. The predicted octanol–water partition coefficient (Wildman–Crippen LogP) is 2.76. The van der Waals surface area contributed by atoms with Gasteiger partial charge in [0.15, 0.2) is 28.1 Å². The van der Waals surface area contributed by atoms with E-state index in [1.165, 1.54) is 23.5 Å². The number of carbonyl (C=O) groups excluding carboxylic acids is 3. The van der Waals surface area contributed by atoms with E-state index < -0.39 is 28.9 Å². The summed E-state index contributed by atoms with van der Waals surface area (Å²) in [5, 5.41) is 42.8. The molecule has 2 saturated heterocycles. The first-order valence-electron chi connectivity index (χ1n) is 16.0. The first-order valence-corrected chi connectivity index (χ1v) is 18.3. The van der Waals surface area contributed by atoms with Gasteiger partial charge in [0.2, 0.25) is 11.7 Å². The molecule has 16 nitrogen and oxygen atoms in total. The fourth-order valence-corrected chi connectivity index (χ4v) is 8.63. The number of likely N-dealkylation sites (tertiary alicyclic amines) is 1. The van der Waals surface area contributed by atoms with Crippen molar-refractivity contribution in [3.8, 4) is 11.5 Å². The number of oxime groups is 1. The molecule has 5 heterocycles. The summed E-state index contributed by atoms with van der Waals surface area (Å²) in [7, 11) is 0. The summed E-state index contributed by atoms with van der Waals surface area (Å²) in [6.07, 6.45) is 1.92.